The van der Waals surface area contributed by atoms with Crippen LogP contribution in [0.1, 0.15) is 43.8 Å². The molecule has 0 amide bonds. The molecule has 0 saturated carbocycles. The zero-order valence-electron chi connectivity index (χ0n) is 12.7. The molecule has 5 heteroatoms. The van der Waals surface area contributed by atoms with Gasteiger partial charge in [-0.15, -0.1) is 0 Å². The maximum absolute atomic E-state index is 6.25. The third-order valence-corrected chi connectivity index (χ3v) is 4.16. The fourth-order valence-corrected chi connectivity index (χ4v) is 2.90. The Labute approximate surface area is 136 Å². The minimum Gasteiger partial charge on any atom is -0.305 e. The van der Waals surface area contributed by atoms with E-state index in [2.05, 4.69) is 37.3 Å². The predicted octanol–water partition coefficient (Wildman–Crippen LogP) is 4.62. The average Bonchev–Trinajstić information content (AvgIpc) is 2.87. The number of hydrogen-bond donors (Lipinski definition) is 1. The Morgan fingerprint density at radius 3 is 2.62 bits per heavy atom. The third kappa shape index (κ3) is 4.00. The summed E-state index contributed by atoms with van der Waals surface area (Å²) >= 11 is 12.2. The lowest BCUT2D eigenvalue weighted by Gasteiger charge is -2.16. The van der Waals surface area contributed by atoms with E-state index in [0.717, 1.165) is 30.8 Å². The standard InChI is InChI=1S/C16H21Cl2N3/c1-4-13-9-14(21(5-2)20-13)10-19-11(3)15-7-6-12(17)8-16(15)18/h6-9,11,19H,4-5,10H2,1-3H3. The van der Waals surface area contributed by atoms with Crippen LogP contribution in [0.4, 0.5) is 0 Å². The van der Waals surface area contributed by atoms with Gasteiger partial charge in [-0.05, 0) is 44.0 Å². The molecule has 0 saturated heterocycles. The molecule has 0 fully saturated rings. The van der Waals surface area contributed by atoms with Crippen LogP contribution in [0.2, 0.25) is 10.0 Å². The summed E-state index contributed by atoms with van der Waals surface area (Å²) in [5.74, 6) is 0. The van der Waals surface area contributed by atoms with Gasteiger partial charge in [0.25, 0.3) is 0 Å². The second kappa shape index (κ2) is 7.30. The second-order valence-corrected chi connectivity index (χ2v) is 5.91. The molecule has 0 spiro atoms. The van der Waals surface area contributed by atoms with Gasteiger partial charge >= 0.3 is 0 Å². The first-order valence-electron chi connectivity index (χ1n) is 7.29. The highest BCUT2D eigenvalue weighted by Crippen LogP contribution is 2.26. The summed E-state index contributed by atoms with van der Waals surface area (Å²) in [4.78, 5) is 0. The molecule has 1 aromatic heterocycles. The van der Waals surface area contributed by atoms with Gasteiger partial charge < -0.3 is 5.32 Å². The van der Waals surface area contributed by atoms with Crippen LogP contribution in [0.15, 0.2) is 24.3 Å². The summed E-state index contributed by atoms with van der Waals surface area (Å²) < 4.78 is 2.04. The highest BCUT2D eigenvalue weighted by atomic mass is 35.5. The maximum atomic E-state index is 6.25. The quantitative estimate of drug-likeness (QED) is 0.839. The largest absolute Gasteiger partial charge is 0.305 e. The molecular formula is C16H21Cl2N3. The van der Waals surface area contributed by atoms with Crippen molar-refractivity contribution in [1.82, 2.24) is 15.1 Å². The van der Waals surface area contributed by atoms with Crippen LogP contribution in [0.5, 0.6) is 0 Å². The predicted molar refractivity (Wildman–Crippen MR) is 89.0 cm³/mol. The first kappa shape index (κ1) is 16.3. The van der Waals surface area contributed by atoms with Gasteiger partial charge in [-0.25, -0.2) is 0 Å². The van der Waals surface area contributed by atoms with E-state index in [1.165, 1.54) is 5.69 Å². The molecule has 0 radical (unpaired) electrons. The van der Waals surface area contributed by atoms with Crippen molar-refractivity contribution in [3.63, 3.8) is 0 Å². The van der Waals surface area contributed by atoms with Gasteiger partial charge in [0.05, 0.1) is 11.4 Å². The molecule has 0 aliphatic heterocycles. The fourth-order valence-electron chi connectivity index (χ4n) is 2.32. The molecule has 2 aromatic rings. The lowest BCUT2D eigenvalue weighted by atomic mass is 10.1. The Kier molecular flexibility index (Phi) is 5.68. The Morgan fingerprint density at radius 1 is 1.24 bits per heavy atom. The Bertz CT molecular complexity index is 608. The van der Waals surface area contributed by atoms with Crippen molar-refractivity contribution in [2.24, 2.45) is 0 Å². The van der Waals surface area contributed by atoms with E-state index in [-0.39, 0.29) is 6.04 Å². The minimum atomic E-state index is 0.153. The molecule has 1 aromatic carbocycles. The van der Waals surface area contributed by atoms with Gasteiger partial charge in [-0.2, -0.15) is 5.10 Å². The van der Waals surface area contributed by atoms with E-state index in [0.29, 0.717) is 10.0 Å². The van der Waals surface area contributed by atoms with E-state index in [9.17, 15) is 0 Å². The number of aromatic nitrogens is 2. The fraction of sp³-hybridized carbons (Fsp3) is 0.438. The van der Waals surface area contributed by atoms with E-state index in [4.69, 9.17) is 23.2 Å². The lowest BCUT2D eigenvalue weighted by Crippen LogP contribution is -2.20. The van der Waals surface area contributed by atoms with Crippen molar-refractivity contribution in [2.45, 2.75) is 46.3 Å². The number of hydrogen-bond acceptors (Lipinski definition) is 2. The zero-order valence-corrected chi connectivity index (χ0v) is 14.2. The molecule has 3 nitrogen and oxygen atoms in total. The van der Waals surface area contributed by atoms with Crippen LogP contribution in [0, 0.1) is 0 Å². The minimum absolute atomic E-state index is 0.153. The van der Waals surface area contributed by atoms with Gasteiger partial charge in [-0.1, -0.05) is 36.2 Å². The molecule has 21 heavy (non-hydrogen) atoms. The molecule has 0 aliphatic carbocycles. The van der Waals surface area contributed by atoms with Gasteiger partial charge in [0, 0.05) is 29.2 Å². The van der Waals surface area contributed by atoms with Crippen LogP contribution in [0.25, 0.3) is 0 Å². The van der Waals surface area contributed by atoms with E-state index >= 15 is 0 Å². The summed E-state index contributed by atoms with van der Waals surface area (Å²) in [7, 11) is 0. The van der Waals surface area contributed by atoms with E-state index in [1.54, 1.807) is 6.07 Å². The van der Waals surface area contributed by atoms with Crippen molar-refractivity contribution in [3.05, 3.63) is 51.3 Å². The summed E-state index contributed by atoms with van der Waals surface area (Å²) in [5, 5.41) is 9.41. The third-order valence-electron chi connectivity index (χ3n) is 3.59. The number of nitrogens with one attached hydrogen (secondary N) is 1. The van der Waals surface area contributed by atoms with Crippen LogP contribution in [0.3, 0.4) is 0 Å². The van der Waals surface area contributed by atoms with Crippen LogP contribution in [-0.2, 0) is 19.5 Å². The lowest BCUT2D eigenvalue weighted by molar-refractivity contribution is 0.530. The topological polar surface area (TPSA) is 29.9 Å². The molecular weight excluding hydrogens is 305 g/mol. The SMILES string of the molecule is CCc1cc(CNC(C)c2ccc(Cl)cc2Cl)n(CC)n1. The molecule has 1 N–H and O–H groups in total. The highest BCUT2D eigenvalue weighted by Gasteiger charge is 2.11. The van der Waals surface area contributed by atoms with Crippen molar-refractivity contribution < 1.29 is 0 Å². The smallest absolute Gasteiger partial charge is 0.0625 e. The zero-order chi connectivity index (χ0) is 15.4. The molecule has 1 atom stereocenters. The van der Waals surface area contributed by atoms with Gasteiger partial charge in [0.15, 0.2) is 0 Å². The van der Waals surface area contributed by atoms with Crippen molar-refractivity contribution in [2.75, 3.05) is 0 Å². The van der Waals surface area contributed by atoms with E-state index in [1.807, 2.05) is 16.8 Å². The van der Waals surface area contributed by atoms with Crippen LogP contribution in [-0.4, -0.2) is 9.78 Å². The summed E-state index contributed by atoms with van der Waals surface area (Å²) in [6.07, 6.45) is 0.957. The van der Waals surface area contributed by atoms with Gasteiger partial charge in [0.2, 0.25) is 0 Å². The highest BCUT2D eigenvalue weighted by molar-refractivity contribution is 6.35. The average molecular weight is 326 g/mol. The van der Waals surface area contributed by atoms with Crippen LogP contribution < -0.4 is 5.32 Å². The van der Waals surface area contributed by atoms with E-state index < -0.39 is 0 Å². The summed E-state index contributed by atoms with van der Waals surface area (Å²) in [6.45, 7) is 7.97. The molecule has 0 aliphatic rings. The molecule has 1 unspecified atom stereocenters. The summed E-state index contributed by atoms with van der Waals surface area (Å²) in [5.41, 5.74) is 3.39. The first-order valence-corrected chi connectivity index (χ1v) is 8.04. The van der Waals surface area contributed by atoms with Crippen molar-refractivity contribution >= 4 is 23.2 Å². The van der Waals surface area contributed by atoms with Gasteiger partial charge in [0.1, 0.15) is 0 Å². The molecule has 1 heterocycles. The first-order chi connectivity index (χ1) is 10.0. The maximum Gasteiger partial charge on any atom is 0.0625 e. The molecule has 2 rings (SSSR count). The van der Waals surface area contributed by atoms with Crippen molar-refractivity contribution in [1.29, 1.82) is 0 Å². The number of benzene rings is 1. The number of rotatable bonds is 6. The second-order valence-electron chi connectivity index (χ2n) is 5.06. The van der Waals surface area contributed by atoms with Gasteiger partial charge in [-0.3, -0.25) is 4.68 Å². The number of aryl methyl sites for hydroxylation is 2. The monoisotopic (exact) mass is 325 g/mol. The Hall–Kier alpha value is -1.03. The molecule has 114 valence electrons. The number of nitrogens with zero attached hydrogens (tertiary/aromatic N) is 2. The van der Waals surface area contributed by atoms with Crippen LogP contribution >= 0.6 is 23.2 Å². The molecule has 0 bridgehead atoms. The van der Waals surface area contributed by atoms with Crippen molar-refractivity contribution in [3.8, 4) is 0 Å². The number of halogens is 2. The Morgan fingerprint density at radius 2 is 2.00 bits per heavy atom. The summed E-state index contributed by atoms with van der Waals surface area (Å²) in [6, 6.07) is 7.93. The normalized spacial score (nSPS) is 12.6. The Balaban J connectivity index is 2.06.